The molecule has 3 aliphatic rings. The minimum Gasteiger partial charge on any atom is -0.291 e. The number of hydrogen-bond donors (Lipinski definition) is 0. The monoisotopic (exact) mass is 310 g/mol. The van der Waals surface area contributed by atoms with E-state index in [0.717, 1.165) is 0 Å². The molecule has 1 saturated carbocycles. The number of alkyl halides is 2. The summed E-state index contributed by atoms with van der Waals surface area (Å²) in [6, 6.07) is 0. The van der Waals surface area contributed by atoms with Gasteiger partial charge in [0.05, 0.1) is 0 Å². The molecule has 1 fully saturated rings. The zero-order valence-electron chi connectivity index (χ0n) is 8.34. The highest BCUT2D eigenvalue weighted by molar-refractivity contribution is 6.66. The largest absolute Gasteiger partial charge is 0.291 e. The van der Waals surface area contributed by atoms with E-state index in [2.05, 4.69) is 0 Å². The van der Waals surface area contributed by atoms with Crippen LogP contribution in [0.25, 0.3) is 0 Å². The number of Topliss-reactive ketones (excluding diaryl/α,β-unsaturated/α-hetero) is 2. The van der Waals surface area contributed by atoms with Crippen LogP contribution in [0.4, 0.5) is 0 Å². The second kappa shape index (κ2) is 3.30. The van der Waals surface area contributed by atoms with Crippen molar-refractivity contribution in [2.45, 2.75) is 16.2 Å². The van der Waals surface area contributed by atoms with Crippen LogP contribution >= 0.6 is 46.4 Å². The maximum absolute atomic E-state index is 12.2. The van der Waals surface area contributed by atoms with E-state index < -0.39 is 21.3 Å². The van der Waals surface area contributed by atoms with E-state index in [-0.39, 0.29) is 21.9 Å². The molecule has 0 aromatic rings. The van der Waals surface area contributed by atoms with E-state index in [1.54, 1.807) is 0 Å². The molecule has 2 bridgehead atoms. The lowest BCUT2D eigenvalue weighted by molar-refractivity contribution is -0.127. The van der Waals surface area contributed by atoms with Crippen molar-refractivity contribution in [3.63, 3.8) is 0 Å². The summed E-state index contributed by atoms with van der Waals surface area (Å²) in [6.07, 6.45) is 4.23. The first-order valence-corrected chi connectivity index (χ1v) is 6.57. The van der Waals surface area contributed by atoms with Gasteiger partial charge in [0, 0.05) is 11.8 Å². The lowest BCUT2D eigenvalue weighted by Gasteiger charge is -2.43. The van der Waals surface area contributed by atoms with Crippen molar-refractivity contribution in [2.75, 3.05) is 0 Å². The number of ketones is 2. The molecule has 3 rings (SSSR count). The minimum absolute atomic E-state index is 0.262. The van der Waals surface area contributed by atoms with Crippen molar-refractivity contribution in [1.82, 2.24) is 0 Å². The van der Waals surface area contributed by atoms with E-state index in [4.69, 9.17) is 46.4 Å². The number of fused-ring (bicyclic) bond motifs is 5. The summed E-state index contributed by atoms with van der Waals surface area (Å²) in [5.74, 6) is -1.61. The first-order chi connectivity index (χ1) is 7.85. The molecule has 0 radical (unpaired) electrons. The average molecular weight is 312 g/mol. The molecule has 0 aromatic heterocycles. The van der Waals surface area contributed by atoms with Crippen LogP contribution in [0.2, 0.25) is 0 Å². The van der Waals surface area contributed by atoms with Gasteiger partial charge in [-0.2, -0.15) is 0 Å². The van der Waals surface area contributed by atoms with E-state index in [1.807, 2.05) is 12.2 Å². The maximum atomic E-state index is 12.2. The number of rotatable bonds is 0. The third-order valence-corrected chi connectivity index (χ3v) is 6.30. The molecule has 0 aromatic carbocycles. The fraction of sp³-hybridized carbons (Fsp3) is 0.455. The Labute approximate surface area is 118 Å². The first kappa shape index (κ1) is 12.0. The Morgan fingerprint density at radius 3 is 1.65 bits per heavy atom. The number of carbonyl (C=O) groups excluding carboxylic acids is 2. The van der Waals surface area contributed by atoms with Gasteiger partial charge < -0.3 is 0 Å². The van der Waals surface area contributed by atoms with Gasteiger partial charge in [0.2, 0.25) is 0 Å². The molecule has 17 heavy (non-hydrogen) atoms. The van der Waals surface area contributed by atoms with E-state index in [9.17, 15) is 9.59 Å². The average Bonchev–Trinajstić information content (AvgIpc) is 2.87. The zero-order valence-corrected chi connectivity index (χ0v) is 11.4. The van der Waals surface area contributed by atoms with Gasteiger partial charge in [0.25, 0.3) is 0 Å². The first-order valence-electron chi connectivity index (χ1n) is 5.06. The second-order valence-electron chi connectivity index (χ2n) is 4.54. The molecule has 4 atom stereocenters. The van der Waals surface area contributed by atoms with Crippen LogP contribution in [-0.4, -0.2) is 21.3 Å². The predicted octanol–water partition coefficient (Wildman–Crippen LogP) is 2.99. The smallest absolute Gasteiger partial charge is 0.199 e. The van der Waals surface area contributed by atoms with E-state index >= 15 is 0 Å². The van der Waals surface area contributed by atoms with Crippen molar-refractivity contribution in [1.29, 1.82) is 0 Å². The molecule has 4 unspecified atom stereocenters. The molecule has 90 valence electrons. The van der Waals surface area contributed by atoms with Crippen molar-refractivity contribution in [3.8, 4) is 0 Å². The van der Waals surface area contributed by atoms with E-state index in [0.29, 0.717) is 6.42 Å². The third-order valence-electron chi connectivity index (χ3n) is 3.89. The Morgan fingerprint density at radius 1 is 0.941 bits per heavy atom. The molecule has 6 heteroatoms. The Balaban J connectivity index is 2.31. The summed E-state index contributed by atoms with van der Waals surface area (Å²) in [5.41, 5.74) is 0. The van der Waals surface area contributed by atoms with E-state index in [1.165, 1.54) is 0 Å². The summed E-state index contributed by atoms with van der Waals surface area (Å²) in [6.45, 7) is 0. The van der Waals surface area contributed by atoms with Crippen LogP contribution in [0.15, 0.2) is 22.2 Å². The standard InChI is InChI=1S/C11H6Cl4O2/c12-6-7(13)9(17)11(15)5-2-1-4(3-5)10(11,14)8(6)16/h1-2,4-5H,3H2. The number of carbonyl (C=O) groups is 2. The van der Waals surface area contributed by atoms with Gasteiger partial charge >= 0.3 is 0 Å². The van der Waals surface area contributed by atoms with Crippen molar-refractivity contribution in [3.05, 3.63) is 22.2 Å². The molecular weight excluding hydrogens is 306 g/mol. The van der Waals surface area contributed by atoms with Crippen LogP contribution in [0.1, 0.15) is 6.42 Å². The minimum atomic E-state index is -1.49. The maximum Gasteiger partial charge on any atom is 0.199 e. The summed E-state index contributed by atoms with van der Waals surface area (Å²) < 4.78 is 0. The summed E-state index contributed by atoms with van der Waals surface area (Å²) in [4.78, 5) is 21.4. The third kappa shape index (κ3) is 1.07. The Kier molecular flexibility index (Phi) is 2.33. The Hall–Kier alpha value is -0.0200. The van der Waals surface area contributed by atoms with Crippen molar-refractivity contribution in [2.24, 2.45) is 11.8 Å². The number of allylic oxidation sites excluding steroid dienone is 4. The Morgan fingerprint density at radius 2 is 1.29 bits per heavy atom. The number of hydrogen-bond acceptors (Lipinski definition) is 2. The van der Waals surface area contributed by atoms with Gasteiger partial charge in [0.1, 0.15) is 19.8 Å². The quantitative estimate of drug-likeness (QED) is 0.509. The summed E-state index contributed by atoms with van der Waals surface area (Å²) >= 11 is 24.3. The lowest BCUT2D eigenvalue weighted by atomic mass is 9.73. The van der Waals surface area contributed by atoms with Gasteiger partial charge in [-0.05, 0) is 6.42 Å². The fourth-order valence-electron chi connectivity index (χ4n) is 3.01. The van der Waals surface area contributed by atoms with Crippen LogP contribution in [-0.2, 0) is 9.59 Å². The lowest BCUT2D eigenvalue weighted by Crippen LogP contribution is -2.61. The predicted molar refractivity (Wildman–Crippen MR) is 66.7 cm³/mol. The highest BCUT2D eigenvalue weighted by Gasteiger charge is 2.74. The summed E-state index contributed by atoms with van der Waals surface area (Å²) in [5, 5.41) is -0.604. The normalized spacial score (nSPS) is 48.0. The molecule has 0 heterocycles. The molecule has 0 N–H and O–H groups in total. The van der Waals surface area contributed by atoms with Crippen LogP contribution in [0.5, 0.6) is 0 Å². The highest BCUT2D eigenvalue weighted by atomic mass is 35.5. The van der Waals surface area contributed by atoms with Gasteiger partial charge in [-0.15, -0.1) is 23.2 Å². The molecule has 0 spiro atoms. The van der Waals surface area contributed by atoms with Gasteiger partial charge in [-0.3, -0.25) is 9.59 Å². The SMILES string of the molecule is O=C1C(Cl)=C(Cl)C(=O)C2(Cl)C3C=CC(C3)C12Cl. The second-order valence-corrected chi connectivity index (χ2v) is 6.49. The molecule has 3 aliphatic carbocycles. The molecule has 0 saturated heterocycles. The Bertz CT molecular complexity index is 480. The summed E-state index contributed by atoms with van der Waals surface area (Å²) in [7, 11) is 0. The van der Waals surface area contributed by atoms with Crippen LogP contribution < -0.4 is 0 Å². The highest BCUT2D eigenvalue weighted by Crippen LogP contribution is 2.64. The fourth-order valence-corrected chi connectivity index (χ4v) is 4.55. The van der Waals surface area contributed by atoms with Gasteiger partial charge in [0.15, 0.2) is 11.6 Å². The molecule has 0 amide bonds. The van der Waals surface area contributed by atoms with Gasteiger partial charge in [-0.25, -0.2) is 0 Å². The topological polar surface area (TPSA) is 34.1 Å². The molecule has 2 nitrogen and oxygen atoms in total. The number of halogens is 4. The van der Waals surface area contributed by atoms with Crippen LogP contribution in [0, 0.1) is 11.8 Å². The van der Waals surface area contributed by atoms with Crippen LogP contribution in [0.3, 0.4) is 0 Å². The van der Waals surface area contributed by atoms with Crippen molar-refractivity contribution >= 4 is 58.0 Å². The zero-order chi connectivity index (χ0) is 12.6. The van der Waals surface area contributed by atoms with Crippen molar-refractivity contribution < 1.29 is 9.59 Å². The molecule has 0 aliphatic heterocycles. The molecular formula is C11H6Cl4O2. The van der Waals surface area contributed by atoms with Gasteiger partial charge in [-0.1, -0.05) is 35.4 Å².